The third-order valence-electron chi connectivity index (χ3n) is 5.82. The molecule has 3 rings (SSSR count). The molecule has 1 aromatic rings. The normalized spacial score (nSPS) is 27.3. The first-order valence-electron chi connectivity index (χ1n) is 9.57. The Morgan fingerprint density at radius 1 is 1.35 bits per heavy atom. The van der Waals surface area contributed by atoms with Crippen LogP contribution in [0, 0.1) is 11.2 Å². The monoisotopic (exact) mass is 360 g/mol. The number of hydrogen-bond donors (Lipinski definition) is 1. The summed E-state index contributed by atoms with van der Waals surface area (Å²) in [6.07, 6.45) is 6.45. The van der Waals surface area contributed by atoms with Gasteiger partial charge in [0.1, 0.15) is 5.82 Å². The van der Waals surface area contributed by atoms with E-state index < -0.39 is 0 Å². The summed E-state index contributed by atoms with van der Waals surface area (Å²) in [5.74, 6) is -0.380. The molecule has 1 N–H and O–H groups in total. The number of nitrogens with zero attached hydrogens (tertiary/aromatic N) is 2. The Bertz CT molecular complexity index is 663. The number of rotatable bonds is 4. The summed E-state index contributed by atoms with van der Waals surface area (Å²) >= 11 is 0. The smallest absolute Gasteiger partial charge is 0.227 e. The van der Waals surface area contributed by atoms with Crippen LogP contribution < -0.4 is 0 Å². The fourth-order valence-corrected chi connectivity index (χ4v) is 4.34. The van der Waals surface area contributed by atoms with E-state index in [1.54, 1.807) is 18.2 Å². The number of piperidine rings is 2. The van der Waals surface area contributed by atoms with Crippen molar-refractivity contribution in [3.8, 4) is 0 Å². The van der Waals surface area contributed by atoms with Crippen LogP contribution in [0.2, 0.25) is 0 Å². The minimum atomic E-state index is -0.381. The van der Waals surface area contributed by atoms with E-state index in [1.807, 2.05) is 17.9 Å². The van der Waals surface area contributed by atoms with Gasteiger partial charge in [-0.05, 0) is 37.8 Å². The van der Waals surface area contributed by atoms with Crippen molar-refractivity contribution in [1.82, 2.24) is 9.80 Å². The molecule has 2 atom stereocenters. The van der Waals surface area contributed by atoms with Crippen molar-refractivity contribution < 1.29 is 14.3 Å². The Hall–Kier alpha value is -1.72. The van der Waals surface area contributed by atoms with Crippen molar-refractivity contribution >= 4 is 5.91 Å². The molecule has 2 fully saturated rings. The van der Waals surface area contributed by atoms with Crippen LogP contribution >= 0.6 is 0 Å². The van der Waals surface area contributed by atoms with E-state index in [0.29, 0.717) is 18.7 Å². The molecule has 0 bridgehead atoms. The number of benzene rings is 1. The Kier molecular flexibility index (Phi) is 6.09. The van der Waals surface area contributed by atoms with Crippen molar-refractivity contribution in [3.63, 3.8) is 0 Å². The van der Waals surface area contributed by atoms with Gasteiger partial charge < -0.3 is 10.0 Å². The highest BCUT2D eigenvalue weighted by molar-refractivity contribution is 5.79. The highest BCUT2D eigenvalue weighted by Crippen LogP contribution is 2.39. The van der Waals surface area contributed by atoms with E-state index >= 15 is 0 Å². The van der Waals surface area contributed by atoms with Crippen molar-refractivity contribution in [2.24, 2.45) is 5.41 Å². The van der Waals surface area contributed by atoms with Crippen LogP contribution in [0.15, 0.2) is 36.4 Å². The lowest BCUT2D eigenvalue weighted by atomic mass is 9.71. The maximum Gasteiger partial charge on any atom is 0.227 e. The molecule has 1 amide bonds. The third-order valence-corrected chi connectivity index (χ3v) is 5.82. The van der Waals surface area contributed by atoms with E-state index in [2.05, 4.69) is 11.0 Å². The van der Waals surface area contributed by atoms with E-state index in [1.165, 1.54) is 6.07 Å². The van der Waals surface area contributed by atoms with Gasteiger partial charge in [-0.15, -0.1) is 0 Å². The zero-order valence-corrected chi connectivity index (χ0v) is 15.5. The molecule has 26 heavy (non-hydrogen) atoms. The fraction of sp³-hybridized carbons (Fsp3) is 0.571. The van der Waals surface area contributed by atoms with E-state index in [-0.39, 0.29) is 29.7 Å². The van der Waals surface area contributed by atoms with Gasteiger partial charge in [0.15, 0.2) is 0 Å². The largest absolute Gasteiger partial charge is 0.392 e. The summed E-state index contributed by atoms with van der Waals surface area (Å²) < 4.78 is 13.9. The maximum atomic E-state index is 13.9. The molecule has 0 saturated carbocycles. The molecular weight excluding hydrogens is 331 g/mol. The first-order valence-corrected chi connectivity index (χ1v) is 9.57. The number of aliphatic hydroxyl groups is 1. The van der Waals surface area contributed by atoms with Crippen LogP contribution in [-0.4, -0.2) is 59.6 Å². The van der Waals surface area contributed by atoms with Crippen LogP contribution in [0.3, 0.4) is 0 Å². The van der Waals surface area contributed by atoms with E-state index in [9.17, 15) is 14.3 Å². The van der Waals surface area contributed by atoms with Gasteiger partial charge in [0.25, 0.3) is 0 Å². The number of allylic oxidation sites excluding steroid dienone is 1. The van der Waals surface area contributed by atoms with Crippen LogP contribution in [0.1, 0.15) is 31.7 Å². The summed E-state index contributed by atoms with van der Waals surface area (Å²) in [7, 11) is 0. The molecule has 0 aliphatic carbocycles. The second kappa shape index (κ2) is 8.31. The molecule has 0 radical (unpaired) electrons. The standard InChI is InChI=1S/C21H29FN2O2/c1-2-3-11-23-13-9-19(25)21(15-23)10-6-12-24(16-21)20(26)14-17-7-4-5-8-18(17)22/h2-5,7-8,19,25H,6,9-16H2,1H3/t19-,21-/m1/s1. The molecular formula is C21H29FN2O2. The minimum absolute atomic E-state index is 0.0491. The molecule has 2 heterocycles. The lowest BCUT2D eigenvalue weighted by Gasteiger charge is -2.51. The van der Waals surface area contributed by atoms with Gasteiger partial charge in [-0.25, -0.2) is 4.39 Å². The Morgan fingerprint density at radius 2 is 2.15 bits per heavy atom. The second-order valence-corrected chi connectivity index (χ2v) is 7.66. The molecule has 2 aliphatic heterocycles. The number of carbonyl (C=O) groups excluding carboxylic acids is 1. The SMILES string of the molecule is CC=CCN1CC[C@@H](O)[C@]2(CCCN(C(=O)Cc3ccccc3F)C2)C1. The predicted molar refractivity (Wildman–Crippen MR) is 100 cm³/mol. The number of hydrogen-bond acceptors (Lipinski definition) is 3. The number of carbonyl (C=O) groups is 1. The van der Waals surface area contributed by atoms with Crippen LogP contribution in [-0.2, 0) is 11.2 Å². The fourth-order valence-electron chi connectivity index (χ4n) is 4.34. The topological polar surface area (TPSA) is 43.8 Å². The summed E-state index contributed by atoms with van der Waals surface area (Å²) in [4.78, 5) is 16.9. The summed E-state index contributed by atoms with van der Waals surface area (Å²) in [6.45, 7) is 5.84. The van der Waals surface area contributed by atoms with Gasteiger partial charge in [0, 0.05) is 38.1 Å². The van der Waals surface area contributed by atoms with Gasteiger partial charge in [0.2, 0.25) is 5.91 Å². The number of likely N-dealkylation sites (tertiary alicyclic amines) is 2. The Balaban J connectivity index is 1.69. The average Bonchev–Trinajstić information content (AvgIpc) is 2.65. The number of halogens is 1. The zero-order chi connectivity index (χ0) is 18.6. The van der Waals surface area contributed by atoms with Gasteiger partial charge in [0.05, 0.1) is 12.5 Å². The molecule has 2 saturated heterocycles. The highest BCUT2D eigenvalue weighted by atomic mass is 19.1. The Morgan fingerprint density at radius 3 is 2.92 bits per heavy atom. The second-order valence-electron chi connectivity index (χ2n) is 7.66. The first kappa shape index (κ1) is 19.1. The Labute approximate surface area is 155 Å². The van der Waals surface area contributed by atoms with Gasteiger partial charge in [-0.2, -0.15) is 0 Å². The van der Waals surface area contributed by atoms with Crippen LogP contribution in [0.25, 0.3) is 0 Å². The zero-order valence-electron chi connectivity index (χ0n) is 15.5. The quantitative estimate of drug-likeness (QED) is 0.840. The molecule has 2 aliphatic rings. The molecule has 5 heteroatoms. The number of aliphatic hydroxyl groups excluding tert-OH is 1. The van der Waals surface area contributed by atoms with E-state index in [4.69, 9.17) is 0 Å². The van der Waals surface area contributed by atoms with E-state index in [0.717, 1.165) is 38.9 Å². The van der Waals surface area contributed by atoms with Gasteiger partial charge in [-0.1, -0.05) is 30.4 Å². The number of amides is 1. The molecule has 142 valence electrons. The van der Waals surface area contributed by atoms with Crippen molar-refractivity contribution in [2.75, 3.05) is 32.7 Å². The molecule has 0 unspecified atom stereocenters. The minimum Gasteiger partial charge on any atom is -0.392 e. The van der Waals surface area contributed by atoms with Crippen molar-refractivity contribution in [2.45, 2.75) is 38.7 Å². The van der Waals surface area contributed by atoms with Gasteiger partial charge >= 0.3 is 0 Å². The summed E-state index contributed by atoms with van der Waals surface area (Å²) in [5.41, 5.74) is 0.180. The maximum absolute atomic E-state index is 13.9. The average molecular weight is 360 g/mol. The lowest BCUT2D eigenvalue weighted by Crippen LogP contribution is -2.59. The summed E-state index contributed by atoms with van der Waals surface area (Å²) in [5, 5.41) is 10.7. The van der Waals surface area contributed by atoms with Crippen LogP contribution in [0.4, 0.5) is 4.39 Å². The van der Waals surface area contributed by atoms with Crippen molar-refractivity contribution in [1.29, 1.82) is 0 Å². The van der Waals surface area contributed by atoms with Gasteiger partial charge in [-0.3, -0.25) is 9.69 Å². The molecule has 4 nitrogen and oxygen atoms in total. The molecule has 1 aromatic carbocycles. The molecule has 0 aromatic heterocycles. The first-order chi connectivity index (χ1) is 12.5. The summed E-state index contributed by atoms with van der Waals surface area (Å²) in [6, 6.07) is 6.45. The lowest BCUT2D eigenvalue weighted by molar-refractivity contribution is -0.140. The highest BCUT2D eigenvalue weighted by Gasteiger charge is 2.46. The van der Waals surface area contributed by atoms with Crippen LogP contribution in [0.5, 0.6) is 0 Å². The molecule has 1 spiro atoms. The van der Waals surface area contributed by atoms with Crippen molar-refractivity contribution in [3.05, 3.63) is 47.8 Å². The third kappa shape index (κ3) is 4.15. The predicted octanol–water partition coefficient (Wildman–Crippen LogP) is 2.62.